The zero-order chi connectivity index (χ0) is 13.1. The van der Waals surface area contributed by atoms with Gasteiger partial charge in [-0.15, -0.1) is 0 Å². The van der Waals surface area contributed by atoms with Crippen LogP contribution in [-0.2, 0) is 4.79 Å². The monoisotopic (exact) mass is 254 g/mol. The van der Waals surface area contributed by atoms with Crippen molar-refractivity contribution >= 4 is 5.91 Å². The Morgan fingerprint density at radius 2 is 1.83 bits per heavy atom. The van der Waals surface area contributed by atoms with Gasteiger partial charge >= 0.3 is 0 Å². The number of hydrogen-bond acceptors (Lipinski definition) is 3. The highest BCUT2D eigenvalue weighted by molar-refractivity contribution is 5.83. The van der Waals surface area contributed by atoms with Crippen LogP contribution in [0.3, 0.4) is 0 Å². The van der Waals surface area contributed by atoms with Crippen LogP contribution in [-0.4, -0.2) is 36.2 Å². The lowest BCUT2D eigenvalue weighted by molar-refractivity contribution is -0.135. The average Bonchev–Trinajstić information content (AvgIpc) is 2.88. The van der Waals surface area contributed by atoms with Crippen molar-refractivity contribution in [3.63, 3.8) is 0 Å². The number of rotatable bonds is 4. The van der Waals surface area contributed by atoms with Crippen LogP contribution in [0, 0.1) is 5.41 Å². The zero-order valence-corrected chi connectivity index (χ0v) is 11.4. The van der Waals surface area contributed by atoms with Crippen LogP contribution in [0.15, 0.2) is 0 Å². The Kier molecular flexibility index (Phi) is 4.28. The summed E-state index contributed by atoms with van der Waals surface area (Å²) in [5.74, 6) is 0.169. The fourth-order valence-corrected chi connectivity index (χ4v) is 3.39. The molecule has 0 bridgehead atoms. The fraction of sp³-hybridized carbons (Fsp3) is 0.929. The number of aliphatic hydroxyl groups excluding tert-OH is 1. The molecule has 104 valence electrons. The molecule has 18 heavy (non-hydrogen) atoms. The van der Waals surface area contributed by atoms with E-state index >= 15 is 0 Å². The van der Waals surface area contributed by atoms with E-state index in [1.165, 1.54) is 0 Å². The van der Waals surface area contributed by atoms with E-state index < -0.39 is 0 Å². The summed E-state index contributed by atoms with van der Waals surface area (Å²) in [6.07, 6.45) is 6.79. The first-order chi connectivity index (χ1) is 8.66. The molecule has 1 amide bonds. The van der Waals surface area contributed by atoms with E-state index in [9.17, 15) is 9.90 Å². The van der Waals surface area contributed by atoms with E-state index in [0.717, 1.165) is 58.0 Å². The predicted molar refractivity (Wildman–Crippen MR) is 71.3 cm³/mol. The van der Waals surface area contributed by atoms with Crippen LogP contribution in [0.5, 0.6) is 0 Å². The minimum atomic E-state index is -0.329. The molecule has 3 N–H and O–H groups in total. The lowest BCUT2D eigenvalue weighted by atomic mass is 9.75. The van der Waals surface area contributed by atoms with Crippen LogP contribution < -0.4 is 10.6 Å². The molecule has 2 fully saturated rings. The minimum Gasteiger partial charge on any atom is -0.394 e. The minimum absolute atomic E-state index is 0.0801. The van der Waals surface area contributed by atoms with Crippen molar-refractivity contribution in [1.82, 2.24) is 10.6 Å². The highest BCUT2D eigenvalue weighted by Gasteiger charge is 2.42. The SMILES string of the molecule is CCC1(C(=O)NC2(CO)CCCC2)CCNCC1. The van der Waals surface area contributed by atoms with Crippen LogP contribution in [0.2, 0.25) is 0 Å². The molecular formula is C14H26N2O2. The first-order valence-electron chi connectivity index (χ1n) is 7.31. The molecule has 0 atom stereocenters. The molecule has 4 heteroatoms. The summed E-state index contributed by atoms with van der Waals surface area (Å²) >= 11 is 0. The van der Waals surface area contributed by atoms with E-state index in [1.54, 1.807) is 0 Å². The number of piperidine rings is 1. The molecule has 0 radical (unpaired) electrons. The molecule has 2 rings (SSSR count). The Morgan fingerprint density at radius 3 is 2.33 bits per heavy atom. The Labute approximate surface area is 110 Å². The van der Waals surface area contributed by atoms with Crippen LogP contribution in [0.1, 0.15) is 51.9 Å². The normalized spacial score (nSPS) is 25.9. The highest BCUT2D eigenvalue weighted by Crippen LogP contribution is 2.36. The van der Waals surface area contributed by atoms with Gasteiger partial charge in [-0.2, -0.15) is 0 Å². The van der Waals surface area contributed by atoms with Gasteiger partial charge in [-0.1, -0.05) is 19.8 Å². The molecule has 0 aromatic rings. The van der Waals surface area contributed by atoms with E-state index in [2.05, 4.69) is 17.6 Å². The summed E-state index contributed by atoms with van der Waals surface area (Å²) in [4.78, 5) is 12.6. The second-order valence-corrected chi connectivity index (χ2v) is 5.98. The van der Waals surface area contributed by atoms with Crippen molar-refractivity contribution in [2.75, 3.05) is 19.7 Å². The van der Waals surface area contributed by atoms with Gasteiger partial charge in [-0.05, 0) is 45.2 Å². The van der Waals surface area contributed by atoms with Crippen LogP contribution in [0.25, 0.3) is 0 Å². The van der Waals surface area contributed by atoms with Gasteiger partial charge < -0.3 is 15.7 Å². The first-order valence-corrected chi connectivity index (χ1v) is 7.31. The number of carbonyl (C=O) groups is 1. The summed E-state index contributed by atoms with van der Waals surface area (Å²) < 4.78 is 0. The topological polar surface area (TPSA) is 61.4 Å². The van der Waals surface area contributed by atoms with Crippen molar-refractivity contribution in [3.8, 4) is 0 Å². The largest absolute Gasteiger partial charge is 0.394 e. The molecule has 4 nitrogen and oxygen atoms in total. The van der Waals surface area contributed by atoms with Crippen molar-refractivity contribution in [3.05, 3.63) is 0 Å². The Bertz CT molecular complexity index is 292. The van der Waals surface area contributed by atoms with Gasteiger partial charge in [0.25, 0.3) is 0 Å². The first kappa shape index (κ1) is 13.8. The third-order valence-electron chi connectivity index (χ3n) is 4.96. The lowest BCUT2D eigenvalue weighted by Gasteiger charge is -2.39. The van der Waals surface area contributed by atoms with E-state index in [1.807, 2.05) is 0 Å². The van der Waals surface area contributed by atoms with E-state index in [4.69, 9.17) is 0 Å². The van der Waals surface area contributed by atoms with Gasteiger partial charge in [0, 0.05) is 0 Å². The number of nitrogens with one attached hydrogen (secondary N) is 2. The van der Waals surface area contributed by atoms with E-state index in [-0.39, 0.29) is 23.5 Å². The smallest absolute Gasteiger partial charge is 0.226 e. The number of hydrogen-bond donors (Lipinski definition) is 3. The molecule has 0 spiro atoms. The van der Waals surface area contributed by atoms with E-state index in [0.29, 0.717) is 0 Å². The van der Waals surface area contributed by atoms with Crippen LogP contribution >= 0.6 is 0 Å². The summed E-state index contributed by atoms with van der Waals surface area (Å²) in [6.45, 7) is 4.03. The Hall–Kier alpha value is -0.610. The highest BCUT2D eigenvalue weighted by atomic mass is 16.3. The summed E-state index contributed by atoms with van der Waals surface area (Å²) in [5, 5.41) is 16.1. The van der Waals surface area contributed by atoms with Gasteiger partial charge in [0.2, 0.25) is 5.91 Å². The Balaban J connectivity index is 2.05. The molecule has 1 saturated heterocycles. The summed E-state index contributed by atoms with van der Waals surface area (Å²) in [5.41, 5.74) is -0.542. The van der Waals surface area contributed by atoms with Crippen LogP contribution in [0.4, 0.5) is 0 Å². The maximum absolute atomic E-state index is 12.6. The molecule has 0 aromatic carbocycles. The quantitative estimate of drug-likeness (QED) is 0.706. The maximum Gasteiger partial charge on any atom is 0.226 e. The van der Waals surface area contributed by atoms with Crippen molar-refractivity contribution in [2.24, 2.45) is 5.41 Å². The number of amides is 1. The summed E-state index contributed by atoms with van der Waals surface area (Å²) in [6, 6.07) is 0. The molecule has 1 saturated carbocycles. The third-order valence-corrected chi connectivity index (χ3v) is 4.96. The standard InChI is InChI=1S/C14H26N2O2/c1-2-13(7-9-15-10-8-13)12(18)16-14(11-17)5-3-4-6-14/h15,17H,2-11H2,1H3,(H,16,18). The number of aliphatic hydroxyl groups is 1. The third kappa shape index (κ3) is 2.54. The second-order valence-electron chi connectivity index (χ2n) is 5.98. The molecular weight excluding hydrogens is 228 g/mol. The average molecular weight is 254 g/mol. The van der Waals surface area contributed by atoms with Gasteiger partial charge in [0.15, 0.2) is 0 Å². The molecule has 0 unspecified atom stereocenters. The number of carbonyl (C=O) groups excluding carboxylic acids is 1. The molecule has 0 aromatic heterocycles. The zero-order valence-electron chi connectivity index (χ0n) is 11.4. The molecule has 1 aliphatic carbocycles. The predicted octanol–water partition coefficient (Wildman–Crippen LogP) is 1.19. The lowest BCUT2D eigenvalue weighted by Crippen LogP contribution is -2.56. The van der Waals surface area contributed by atoms with Gasteiger partial charge in [0.05, 0.1) is 17.6 Å². The fourth-order valence-electron chi connectivity index (χ4n) is 3.39. The summed E-state index contributed by atoms with van der Waals surface area (Å²) in [7, 11) is 0. The molecule has 2 aliphatic rings. The Morgan fingerprint density at radius 1 is 1.22 bits per heavy atom. The van der Waals surface area contributed by atoms with Gasteiger partial charge in [0.1, 0.15) is 0 Å². The van der Waals surface area contributed by atoms with Gasteiger partial charge in [-0.25, -0.2) is 0 Å². The maximum atomic E-state index is 12.6. The second kappa shape index (κ2) is 5.57. The van der Waals surface area contributed by atoms with Crippen molar-refractivity contribution in [2.45, 2.75) is 57.4 Å². The van der Waals surface area contributed by atoms with Crippen molar-refractivity contribution in [1.29, 1.82) is 0 Å². The molecule has 1 heterocycles. The molecule has 1 aliphatic heterocycles. The van der Waals surface area contributed by atoms with Gasteiger partial charge in [-0.3, -0.25) is 4.79 Å². The van der Waals surface area contributed by atoms with Crippen molar-refractivity contribution < 1.29 is 9.90 Å².